The van der Waals surface area contributed by atoms with Crippen LogP contribution in [-0.2, 0) is 9.53 Å². The molecule has 0 aromatic heterocycles. The summed E-state index contributed by atoms with van der Waals surface area (Å²) in [5.74, 6) is -0.349. The minimum atomic E-state index is -0.349. The standard InChI is InChI=1S/C9H15ClO2/c1-3-5-6-8(10)7-9(11)12-4-2/h7H,3-6H2,1-2H3/b8-7-. The molecule has 0 aliphatic rings. The van der Waals surface area contributed by atoms with Gasteiger partial charge in [0.1, 0.15) is 0 Å². The fourth-order valence-corrected chi connectivity index (χ4v) is 0.952. The summed E-state index contributed by atoms with van der Waals surface area (Å²) in [5.41, 5.74) is 0. The van der Waals surface area contributed by atoms with E-state index in [1.165, 1.54) is 6.08 Å². The molecular formula is C9H15ClO2. The summed E-state index contributed by atoms with van der Waals surface area (Å²) < 4.78 is 4.69. The lowest BCUT2D eigenvalue weighted by Gasteiger charge is -1.97. The van der Waals surface area contributed by atoms with Crippen molar-refractivity contribution >= 4 is 17.6 Å². The van der Waals surface area contributed by atoms with Crippen molar-refractivity contribution in [3.05, 3.63) is 11.1 Å². The SMILES string of the molecule is CCCC/C(Cl)=C/C(=O)OCC. The molecule has 0 saturated heterocycles. The minimum absolute atomic E-state index is 0.349. The molecule has 3 heteroatoms. The third-order valence-electron chi connectivity index (χ3n) is 1.33. The van der Waals surface area contributed by atoms with Gasteiger partial charge in [0, 0.05) is 11.1 Å². The molecule has 0 unspecified atom stereocenters. The Bertz CT molecular complexity index is 164. The Morgan fingerprint density at radius 2 is 2.17 bits per heavy atom. The Kier molecular flexibility index (Phi) is 6.87. The highest BCUT2D eigenvalue weighted by Crippen LogP contribution is 2.11. The number of allylic oxidation sites excluding steroid dienone is 1. The summed E-state index contributed by atoms with van der Waals surface area (Å²) in [7, 11) is 0. The first-order valence-electron chi connectivity index (χ1n) is 4.23. The van der Waals surface area contributed by atoms with E-state index in [1.807, 2.05) is 0 Å². The zero-order valence-electron chi connectivity index (χ0n) is 7.60. The smallest absolute Gasteiger partial charge is 0.331 e. The normalized spacial score (nSPS) is 11.4. The third-order valence-corrected chi connectivity index (χ3v) is 1.63. The van der Waals surface area contributed by atoms with E-state index in [4.69, 9.17) is 16.3 Å². The second kappa shape index (κ2) is 7.17. The number of hydrogen-bond acceptors (Lipinski definition) is 2. The van der Waals surface area contributed by atoms with E-state index in [9.17, 15) is 4.79 Å². The van der Waals surface area contributed by atoms with Crippen molar-refractivity contribution in [1.29, 1.82) is 0 Å². The van der Waals surface area contributed by atoms with Crippen molar-refractivity contribution in [2.75, 3.05) is 6.61 Å². The molecule has 0 atom stereocenters. The van der Waals surface area contributed by atoms with Crippen LogP contribution >= 0.6 is 11.6 Å². The van der Waals surface area contributed by atoms with Crippen LogP contribution in [0.15, 0.2) is 11.1 Å². The van der Waals surface area contributed by atoms with Gasteiger partial charge in [-0.25, -0.2) is 4.79 Å². The highest BCUT2D eigenvalue weighted by Gasteiger charge is 1.98. The van der Waals surface area contributed by atoms with Crippen LogP contribution in [0.3, 0.4) is 0 Å². The van der Waals surface area contributed by atoms with Crippen LogP contribution in [-0.4, -0.2) is 12.6 Å². The van der Waals surface area contributed by atoms with Crippen molar-refractivity contribution in [1.82, 2.24) is 0 Å². The van der Waals surface area contributed by atoms with E-state index in [-0.39, 0.29) is 5.97 Å². The van der Waals surface area contributed by atoms with Gasteiger partial charge in [0.25, 0.3) is 0 Å². The van der Waals surface area contributed by atoms with Crippen LogP contribution in [0, 0.1) is 0 Å². The van der Waals surface area contributed by atoms with Crippen molar-refractivity contribution in [2.24, 2.45) is 0 Å². The molecule has 0 spiro atoms. The molecule has 0 N–H and O–H groups in total. The maximum absolute atomic E-state index is 10.8. The molecule has 0 fully saturated rings. The number of halogens is 1. The average molecular weight is 191 g/mol. The number of hydrogen-bond donors (Lipinski definition) is 0. The molecular weight excluding hydrogens is 176 g/mol. The number of ether oxygens (including phenoxy) is 1. The van der Waals surface area contributed by atoms with Gasteiger partial charge >= 0.3 is 5.97 Å². The van der Waals surface area contributed by atoms with E-state index in [2.05, 4.69) is 6.92 Å². The quantitative estimate of drug-likeness (QED) is 0.492. The highest BCUT2D eigenvalue weighted by atomic mass is 35.5. The van der Waals surface area contributed by atoms with Crippen LogP contribution in [0.4, 0.5) is 0 Å². The zero-order valence-corrected chi connectivity index (χ0v) is 8.36. The summed E-state index contributed by atoms with van der Waals surface area (Å²) in [5, 5.41) is 0.579. The topological polar surface area (TPSA) is 26.3 Å². The number of carbonyl (C=O) groups excluding carboxylic acids is 1. The lowest BCUT2D eigenvalue weighted by atomic mass is 10.2. The molecule has 12 heavy (non-hydrogen) atoms. The third kappa shape index (κ3) is 6.23. The average Bonchev–Trinajstić information content (AvgIpc) is 2.01. The van der Waals surface area contributed by atoms with Crippen LogP contribution < -0.4 is 0 Å². The minimum Gasteiger partial charge on any atom is -0.463 e. The van der Waals surface area contributed by atoms with Crippen molar-refractivity contribution in [3.63, 3.8) is 0 Å². The van der Waals surface area contributed by atoms with Crippen LogP contribution in [0.25, 0.3) is 0 Å². The van der Waals surface area contributed by atoms with Gasteiger partial charge in [-0.15, -0.1) is 0 Å². The van der Waals surface area contributed by atoms with Gasteiger partial charge in [-0.3, -0.25) is 0 Å². The van der Waals surface area contributed by atoms with E-state index < -0.39 is 0 Å². The summed E-state index contributed by atoms with van der Waals surface area (Å²) in [4.78, 5) is 10.8. The first-order valence-corrected chi connectivity index (χ1v) is 4.61. The highest BCUT2D eigenvalue weighted by molar-refractivity contribution is 6.30. The van der Waals surface area contributed by atoms with Crippen LogP contribution in [0.1, 0.15) is 33.1 Å². The zero-order chi connectivity index (χ0) is 9.40. The molecule has 0 aromatic carbocycles. The molecule has 0 rings (SSSR count). The Morgan fingerprint density at radius 3 is 2.67 bits per heavy atom. The maximum Gasteiger partial charge on any atom is 0.331 e. The van der Waals surface area contributed by atoms with Gasteiger partial charge in [0.15, 0.2) is 0 Å². The molecule has 2 nitrogen and oxygen atoms in total. The summed E-state index contributed by atoms with van der Waals surface area (Å²) >= 11 is 5.75. The van der Waals surface area contributed by atoms with Crippen molar-refractivity contribution in [2.45, 2.75) is 33.1 Å². The Morgan fingerprint density at radius 1 is 1.50 bits per heavy atom. The summed E-state index contributed by atoms with van der Waals surface area (Å²) in [6.45, 7) is 4.24. The number of unbranched alkanes of at least 4 members (excludes halogenated alkanes) is 1. The predicted octanol–water partition coefficient (Wildman–Crippen LogP) is 2.86. The summed E-state index contributed by atoms with van der Waals surface area (Å²) in [6.07, 6.45) is 4.19. The van der Waals surface area contributed by atoms with Gasteiger partial charge in [0.05, 0.1) is 6.61 Å². The Balaban J connectivity index is 3.72. The molecule has 70 valence electrons. The number of rotatable bonds is 5. The fourth-order valence-electron chi connectivity index (χ4n) is 0.730. The molecule has 0 bridgehead atoms. The molecule has 0 aliphatic heterocycles. The van der Waals surface area contributed by atoms with Gasteiger partial charge in [-0.1, -0.05) is 24.9 Å². The van der Waals surface area contributed by atoms with Crippen molar-refractivity contribution in [3.8, 4) is 0 Å². The van der Waals surface area contributed by atoms with Crippen LogP contribution in [0.2, 0.25) is 0 Å². The van der Waals surface area contributed by atoms with Crippen molar-refractivity contribution < 1.29 is 9.53 Å². The van der Waals surface area contributed by atoms with E-state index >= 15 is 0 Å². The Hall–Kier alpha value is -0.500. The fraction of sp³-hybridized carbons (Fsp3) is 0.667. The molecule has 0 radical (unpaired) electrons. The van der Waals surface area contributed by atoms with Gasteiger partial charge in [0.2, 0.25) is 0 Å². The molecule has 0 heterocycles. The Labute approximate surface area is 78.5 Å². The molecule has 0 amide bonds. The molecule has 0 saturated carbocycles. The lowest BCUT2D eigenvalue weighted by molar-refractivity contribution is -0.137. The van der Waals surface area contributed by atoms with Gasteiger partial charge in [-0.2, -0.15) is 0 Å². The number of esters is 1. The first kappa shape index (κ1) is 11.5. The van der Waals surface area contributed by atoms with Gasteiger partial charge < -0.3 is 4.74 Å². The monoisotopic (exact) mass is 190 g/mol. The summed E-state index contributed by atoms with van der Waals surface area (Å²) in [6, 6.07) is 0. The van der Waals surface area contributed by atoms with E-state index in [0.29, 0.717) is 11.6 Å². The number of carbonyl (C=O) groups is 1. The van der Waals surface area contributed by atoms with E-state index in [0.717, 1.165) is 19.3 Å². The maximum atomic E-state index is 10.8. The second-order valence-corrected chi connectivity index (χ2v) is 2.93. The second-order valence-electron chi connectivity index (χ2n) is 2.45. The largest absolute Gasteiger partial charge is 0.463 e. The van der Waals surface area contributed by atoms with E-state index in [1.54, 1.807) is 6.92 Å². The van der Waals surface area contributed by atoms with Crippen LogP contribution in [0.5, 0.6) is 0 Å². The predicted molar refractivity (Wildman–Crippen MR) is 50.1 cm³/mol. The van der Waals surface area contributed by atoms with Gasteiger partial charge in [-0.05, 0) is 19.8 Å². The lowest BCUT2D eigenvalue weighted by Crippen LogP contribution is -1.99. The first-order chi connectivity index (χ1) is 5.70. The molecule has 0 aromatic rings. The molecule has 0 aliphatic carbocycles.